The van der Waals surface area contributed by atoms with Crippen molar-refractivity contribution in [2.24, 2.45) is 0 Å². The Kier molecular flexibility index (Phi) is 4.33. The van der Waals surface area contributed by atoms with Crippen LogP contribution >= 0.6 is 11.3 Å². The van der Waals surface area contributed by atoms with E-state index in [2.05, 4.69) is 41.7 Å². The second-order valence-corrected chi connectivity index (χ2v) is 4.97. The smallest absolute Gasteiger partial charge is 0.123 e. The SMILES string of the molecule is CCNCc1csc(-c2ccc(OC)c(C)c2)n1. The van der Waals surface area contributed by atoms with Gasteiger partial charge in [-0.05, 0) is 37.2 Å². The van der Waals surface area contributed by atoms with Gasteiger partial charge in [0.1, 0.15) is 10.8 Å². The van der Waals surface area contributed by atoms with Crippen LogP contribution in [0, 0.1) is 6.92 Å². The first-order valence-electron chi connectivity index (χ1n) is 6.04. The predicted octanol–water partition coefficient (Wildman–Crippen LogP) is 3.24. The highest BCUT2D eigenvalue weighted by atomic mass is 32.1. The number of thiazole rings is 1. The number of aryl methyl sites for hydroxylation is 1. The largest absolute Gasteiger partial charge is 0.496 e. The Bertz CT molecular complexity index is 522. The van der Waals surface area contributed by atoms with Crippen LogP contribution in [-0.4, -0.2) is 18.6 Å². The molecule has 2 rings (SSSR count). The summed E-state index contributed by atoms with van der Waals surface area (Å²) in [5.41, 5.74) is 3.39. The zero-order valence-corrected chi connectivity index (χ0v) is 11.8. The fraction of sp³-hybridized carbons (Fsp3) is 0.357. The van der Waals surface area contributed by atoms with Gasteiger partial charge in [0, 0.05) is 17.5 Å². The van der Waals surface area contributed by atoms with Gasteiger partial charge in [-0.1, -0.05) is 6.92 Å². The Balaban J connectivity index is 2.20. The molecule has 0 spiro atoms. The van der Waals surface area contributed by atoms with Crippen LogP contribution in [0.2, 0.25) is 0 Å². The van der Waals surface area contributed by atoms with Crippen molar-refractivity contribution < 1.29 is 4.74 Å². The minimum atomic E-state index is 0.835. The van der Waals surface area contributed by atoms with Gasteiger partial charge in [0.05, 0.1) is 12.8 Å². The first kappa shape index (κ1) is 13.1. The Morgan fingerprint density at radius 3 is 2.89 bits per heavy atom. The van der Waals surface area contributed by atoms with E-state index in [0.717, 1.165) is 40.7 Å². The van der Waals surface area contributed by atoms with Crippen molar-refractivity contribution >= 4 is 11.3 Å². The number of hydrogen-bond donors (Lipinski definition) is 1. The number of nitrogens with one attached hydrogen (secondary N) is 1. The summed E-state index contributed by atoms with van der Waals surface area (Å²) in [4.78, 5) is 4.63. The molecule has 2 aromatic rings. The standard InChI is InChI=1S/C14H18N2OS/c1-4-15-8-12-9-18-14(16-12)11-5-6-13(17-3)10(2)7-11/h5-7,9,15H,4,8H2,1-3H3. The molecular weight excluding hydrogens is 244 g/mol. The van der Waals surface area contributed by atoms with Gasteiger partial charge < -0.3 is 10.1 Å². The molecule has 4 heteroatoms. The minimum Gasteiger partial charge on any atom is -0.496 e. The number of aromatic nitrogens is 1. The zero-order valence-electron chi connectivity index (χ0n) is 11.0. The molecule has 18 heavy (non-hydrogen) atoms. The quantitative estimate of drug-likeness (QED) is 0.898. The van der Waals surface area contributed by atoms with Gasteiger partial charge in [-0.15, -0.1) is 11.3 Å². The van der Waals surface area contributed by atoms with E-state index in [1.54, 1.807) is 18.4 Å². The van der Waals surface area contributed by atoms with Crippen molar-refractivity contribution in [2.45, 2.75) is 20.4 Å². The molecule has 0 unspecified atom stereocenters. The van der Waals surface area contributed by atoms with Crippen molar-refractivity contribution in [2.75, 3.05) is 13.7 Å². The van der Waals surface area contributed by atoms with E-state index in [9.17, 15) is 0 Å². The van der Waals surface area contributed by atoms with Crippen molar-refractivity contribution in [1.82, 2.24) is 10.3 Å². The monoisotopic (exact) mass is 262 g/mol. The fourth-order valence-corrected chi connectivity index (χ4v) is 2.60. The van der Waals surface area contributed by atoms with Crippen LogP contribution in [0.1, 0.15) is 18.2 Å². The third-order valence-corrected chi connectivity index (χ3v) is 3.69. The normalized spacial score (nSPS) is 10.6. The van der Waals surface area contributed by atoms with Crippen molar-refractivity contribution in [3.05, 3.63) is 34.8 Å². The van der Waals surface area contributed by atoms with Gasteiger partial charge in [0.25, 0.3) is 0 Å². The van der Waals surface area contributed by atoms with Gasteiger partial charge in [0.15, 0.2) is 0 Å². The lowest BCUT2D eigenvalue weighted by Crippen LogP contribution is -2.11. The lowest BCUT2D eigenvalue weighted by molar-refractivity contribution is 0.412. The molecule has 0 fully saturated rings. The molecule has 0 saturated carbocycles. The molecule has 1 aromatic heterocycles. The van der Waals surface area contributed by atoms with Crippen LogP contribution in [0.3, 0.4) is 0 Å². The molecular formula is C14H18N2OS. The summed E-state index contributed by atoms with van der Waals surface area (Å²) in [5, 5.41) is 6.46. The van der Waals surface area contributed by atoms with Gasteiger partial charge in [0.2, 0.25) is 0 Å². The molecule has 1 aromatic carbocycles. The third-order valence-electron chi connectivity index (χ3n) is 2.75. The molecule has 0 aliphatic carbocycles. The zero-order chi connectivity index (χ0) is 13.0. The fourth-order valence-electron chi connectivity index (χ4n) is 1.79. The van der Waals surface area contributed by atoms with Crippen LogP contribution in [0.25, 0.3) is 10.6 Å². The third kappa shape index (κ3) is 2.89. The van der Waals surface area contributed by atoms with E-state index in [1.165, 1.54) is 0 Å². The molecule has 0 bridgehead atoms. The maximum atomic E-state index is 5.27. The molecule has 1 N–H and O–H groups in total. The Morgan fingerprint density at radius 1 is 1.39 bits per heavy atom. The first-order chi connectivity index (χ1) is 8.74. The number of nitrogens with zero attached hydrogens (tertiary/aromatic N) is 1. The van der Waals surface area contributed by atoms with Crippen LogP contribution in [0.15, 0.2) is 23.6 Å². The molecule has 0 amide bonds. The maximum Gasteiger partial charge on any atom is 0.123 e. The van der Waals surface area contributed by atoms with Gasteiger partial charge >= 0.3 is 0 Å². The van der Waals surface area contributed by atoms with E-state index in [4.69, 9.17) is 4.74 Å². The number of hydrogen-bond acceptors (Lipinski definition) is 4. The Labute approximate surface area is 112 Å². The molecule has 96 valence electrons. The second kappa shape index (κ2) is 5.98. The summed E-state index contributed by atoms with van der Waals surface area (Å²) in [6, 6.07) is 6.17. The molecule has 0 aliphatic heterocycles. The van der Waals surface area contributed by atoms with Gasteiger partial charge in [-0.3, -0.25) is 0 Å². The summed E-state index contributed by atoms with van der Waals surface area (Å²) in [6.45, 7) is 5.95. The molecule has 0 saturated heterocycles. The summed E-state index contributed by atoms with van der Waals surface area (Å²) in [7, 11) is 1.69. The summed E-state index contributed by atoms with van der Waals surface area (Å²) in [5.74, 6) is 0.920. The van der Waals surface area contributed by atoms with Crippen molar-refractivity contribution in [3.8, 4) is 16.3 Å². The number of methoxy groups -OCH3 is 1. The van der Waals surface area contributed by atoms with E-state index in [1.807, 2.05) is 6.07 Å². The average molecular weight is 262 g/mol. The van der Waals surface area contributed by atoms with Crippen molar-refractivity contribution in [1.29, 1.82) is 0 Å². The second-order valence-electron chi connectivity index (χ2n) is 4.11. The van der Waals surface area contributed by atoms with Crippen LogP contribution < -0.4 is 10.1 Å². The molecule has 0 atom stereocenters. The molecule has 3 nitrogen and oxygen atoms in total. The molecule has 1 heterocycles. The molecule has 0 aliphatic rings. The maximum absolute atomic E-state index is 5.27. The number of benzene rings is 1. The molecule has 0 radical (unpaired) electrons. The number of ether oxygens (including phenoxy) is 1. The lowest BCUT2D eigenvalue weighted by Gasteiger charge is -2.05. The van der Waals surface area contributed by atoms with Gasteiger partial charge in [-0.2, -0.15) is 0 Å². The van der Waals surface area contributed by atoms with Gasteiger partial charge in [-0.25, -0.2) is 4.98 Å². The minimum absolute atomic E-state index is 0.835. The Hall–Kier alpha value is -1.39. The summed E-state index contributed by atoms with van der Waals surface area (Å²) < 4.78 is 5.27. The van der Waals surface area contributed by atoms with Crippen LogP contribution in [0.4, 0.5) is 0 Å². The first-order valence-corrected chi connectivity index (χ1v) is 6.92. The number of rotatable bonds is 5. The van der Waals surface area contributed by atoms with E-state index in [0.29, 0.717) is 0 Å². The van der Waals surface area contributed by atoms with E-state index >= 15 is 0 Å². The topological polar surface area (TPSA) is 34.1 Å². The van der Waals surface area contributed by atoms with E-state index < -0.39 is 0 Å². The summed E-state index contributed by atoms with van der Waals surface area (Å²) >= 11 is 1.68. The lowest BCUT2D eigenvalue weighted by atomic mass is 10.1. The van der Waals surface area contributed by atoms with Crippen LogP contribution in [-0.2, 0) is 6.54 Å². The predicted molar refractivity (Wildman–Crippen MR) is 76.2 cm³/mol. The van der Waals surface area contributed by atoms with Crippen LogP contribution in [0.5, 0.6) is 5.75 Å². The highest BCUT2D eigenvalue weighted by Gasteiger charge is 2.06. The Morgan fingerprint density at radius 2 is 2.22 bits per heavy atom. The summed E-state index contributed by atoms with van der Waals surface area (Å²) in [6.07, 6.45) is 0. The van der Waals surface area contributed by atoms with E-state index in [-0.39, 0.29) is 0 Å². The highest BCUT2D eigenvalue weighted by Crippen LogP contribution is 2.28. The van der Waals surface area contributed by atoms with Crippen molar-refractivity contribution in [3.63, 3.8) is 0 Å². The average Bonchev–Trinajstić information content (AvgIpc) is 2.85. The highest BCUT2D eigenvalue weighted by molar-refractivity contribution is 7.13.